The molecule has 3 aromatic rings. The molecule has 3 aromatic heterocycles. The van der Waals surface area contributed by atoms with Crippen LogP contribution in [0.15, 0.2) is 30.6 Å². The molecule has 4 rings (SSSR count). The largest absolute Gasteiger partial charge is 0.364 e. The summed E-state index contributed by atoms with van der Waals surface area (Å²) in [6.45, 7) is -0.0110. The molecule has 11 heteroatoms. The van der Waals surface area contributed by atoms with E-state index in [1.807, 2.05) is 0 Å². The zero-order valence-electron chi connectivity index (χ0n) is 14.5. The number of pyridine rings is 2. The number of hydrogen-bond acceptors (Lipinski definition) is 6. The minimum Gasteiger partial charge on any atom is -0.364 e. The summed E-state index contributed by atoms with van der Waals surface area (Å²) in [6, 6.07) is 4.57. The van der Waals surface area contributed by atoms with E-state index in [0.29, 0.717) is 16.9 Å². The Morgan fingerprint density at radius 1 is 1.11 bits per heavy atom. The van der Waals surface area contributed by atoms with Crippen molar-refractivity contribution >= 4 is 23.0 Å². The van der Waals surface area contributed by atoms with E-state index < -0.39 is 11.8 Å². The molecule has 0 aliphatic carbocycles. The van der Waals surface area contributed by atoms with Gasteiger partial charge in [-0.05, 0) is 18.2 Å². The highest BCUT2D eigenvalue weighted by atomic mass is 19.3. The van der Waals surface area contributed by atoms with E-state index in [1.54, 1.807) is 6.07 Å². The van der Waals surface area contributed by atoms with E-state index in [9.17, 15) is 18.4 Å². The molecule has 2 N–H and O–H groups in total. The predicted molar refractivity (Wildman–Crippen MR) is 93.1 cm³/mol. The number of aromatic nitrogens is 5. The normalized spacial score (nSPS) is 16.3. The first kappa shape index (κ1) is 17.9. The number of likely N-dealkylation sites (tertiary alicyclic amines) is 1. The van der Waals surface area contributed by atoms with Crippen LogP contribution in [0, 0.1) is 0 Å². The Morgan fingerprint density at radius 3 is 2.50 bits per heavy atom. The van der Waals surface area contributed by atoms with Gasteiger partial charge in [-0.15, -0.1) is 5.10 Å². The van der Waals surface area contributed by atoms with E-state index in [2.05, 4.69) is 20.3 Å². The third-order valence-corrected chi connectivity index (χ3v) is 4.56. The standard InChI is InChI=1S/C17H15F2N7O2/c18-17(19)3-5-25(6-4-17)16(28)10-7-13-15(22-8-10)26(24-23-13)11-1-2-12(14(20)27)21-9-11/h1-2,7-9H,3-6H2,(H2,20,27). The van der Waals surface area contributed by atoms with Crippen molar-refractivity contribution in [1.82, 2.24) is 29.9 Å². The van der Waals surface area contributed by atoms with Gasteiger partial charge in [0, 0.05) is 32.1 Å². The van der Waals surface area contributed by atoms with Crippen molar-refractivity contribution < 1.29 is 18.4 Å². The van der Waals surface area contributed by atoms with E-state index in [0.717, 1.165) is 0 Å². The average molecular weight is 387 g/mol. The van der Waals surface area contributed by atoms with E-state index in [4.69, 9.17) is 5.73 Å². The SMILES string of the molecule is NC(=O)c1ccc(-n2nnc3cc(C(=O)N4CCC(F)(F)CC4)cnc32)cn1. The highest BCUT2D eigenvalue weighted by Crippen LogP contribution is 2.28. The molecule has 1 aliphatic rings. The summed E-state index contributed by atoms with van der Waals surface area (Å²) in [6.07, 6.45) is 2.07. The molecule has 4 heterocycles. The zero-order chi connectivity index (χ0) is 19.9. The minimum absolute atomic E-state index is 0.00551. The van der Waals surface area contributed by atoms with Crippen molar-refractivity contribution in [1.29, 1.82) is 0 Å². The van der Waals surface area contributed by atoms with Crippen molar-refractivity contribution in [3.63, 3.8) is 0 Å². The molecule has 0 aromatic carbocycles. The number of nitrogens with zero attached hydrogens (tertiary/aromatic N) is 6. The molecule has 144 valence electrons. The second-order valence-electron chi connectivity index (χ2n) is 6.48. The first-order chi connectivity index (χ1) is 13.3. The number of alkyl halides is 2. The number of fused-ring (bicyclic) bond motifs is 1. The van der Waals surface area contributed by atoms with Gasteiger partial charge in [0.1, 0.15) is 11.2 Å². The summed E-state index contributed by atoms with van der Waals surface area (Å²) in [5.41, 5.74) is 6.80. The Morgan fingerprint density at radius 2 is 1.86 bits per heavy atom. The van der Waals surface area contributed by atoms with Crippen LogP contribution in [0.5, 0.6) is 0 Å². The maximum absolute atomic E-state index is 13.3. The van der Waals surface area contributed by atoms with Crippen LogP contribution >= 0.6 is 0 Å². The average Bonchev–Trinajstić information content (AvgIpc) is 3.10. The number of nitrogens with two attached hydrogens (primary N) is 1. The summed E-state index contributed by atoms with van der Waals surface area (Å²) >= 11 is 0. The Labute approximate surface area is 157 Å². The van der Waals surface area contributed by atoms with Gasteiger partial charge in [0.2, 0.25) is 0 Å². The van der Waals surface area contributed by atoms with Crippen LogP contribution in [-0.4, -0.2) is 60.7 Å². The topological polar surface area (TPSA) is 120 Å². The quantitative estimate of drug-likeness (QED) is 0.721. The first-order valence-corrected chi connectivity index (χ1v) is 8.49. The number of carbonyl (C=O) groups is 2. The van der Waals surface area contributed by atoms with Crippen LogP contribution in [0.25, 0.3) is 16.9 Å². The molecule has 0 saturated carbocycles. The van der Waals surface area contributed by atoms with E-state index in [1.165, 1.54) is 34.1 Å². The number of piperidine rings is 1. The molecular weight excluding hydrogens is 372 g/mol. The smallest absolute Gasteiger partial charge is 0.267 e. The van der Waals surface area contributed by atoms with Crippen molar-refractivity contribution in [2.45, 2.75) is 18.8 Å². The van der Waals surface area contributed by atoms with E-state index in [-0.39, 0.29) is 43.1 Å². The van der Waals surface area contributed by atoms with Crippen LogP contribution < -0.4 is 5.73 Å². The van der Waals surface area contributed by atoms with Gasteiger partial charge in [0.05, 0.1) is 17.4 Å². The molecule has 0 atom stereocenters. The highest BCUT2D eigenvalue weighted by Gasteiger charge is 2.35. The van der Waals surface area contributed by atoms with Gasteiger partial charge in [0.15, 0.2) is 5.65 Å². The Bertz CT molecular complexity index is 1060. The van der Waals surface area contributed by atoms with Crippen molar-refractivity contribution in [3.05, 3.63) is 41.9 Å². The van der Waals surface area contributed by atoms with Gasteiger partial charge in [-0.1, -0.05) is 5.21 Å². The zero-order valence-corrected chi connectivity index (χ0v) is 14.5. The number of hydrogen-bond donors (Lipinski definition) is 1. The lowest BCUT2D eigenvalue weighted by Crippen LogP contribution is -2.42. The lowest BCUT2D eigenvalue weighted by Gasteiger charge is -2.31. The fourth-order valence-corrected chi connectivity index (χ4v) is 2.99. The van der Waals surface area contributed by atoms with Crippen molar-refractivity contribution in [2.24, 2.45) is 5.73 Å². The molecule has 1 saturated heterocycles. The third-order valence-electron chi connectivity index (χ3n) is 4.56. The molecule has 1 fully saturated rings. The number of carbonyl (C=O) groups excluding carboxylic acids is 2. The second-order valence-corrected chi connectivity index (χ2v) is 6.48. The molecular formula is C17H15F2N7O2. The monoisotopic (exact) mass is 387 g/mol. The summed E-state index contributed by atoms with van der Waals surface area (Å²) < 4.78 is 28.0. The van der Waals surface area contributed by atoms with Gasteiger partial charge in [-0.2, -0.15) is 4.68 Å². The van der Waals surface area contributed by atoms with Crippen LogP contribution in [-0.2, 0) is 0 Å². The summed E-state index contributed by atoms with van der Waals surface area (Å²) in [5, 5.41) is 8.00. The van der Waals surface area contributed by atoms with Crippen molar-refractivity contribution in [2.75, 3.05) is 13.1 Å². The maximum atomic E-state index is 13.3. The van der Waals surface area contributed by atoms with Crippen molar-refractivity contribution in [3.8, 4) is 5.69 Å². The Balaban J connectivity index is 1.59. The van der Waals surface area contributed by atoms with Crippen LogP contribution in [0.4, 0.5) is 8.78 Å². The summed E-state index contributed by atoms with van der Waals surface area (Å²) in [7, 11) is 0. The summed E-state index contributed by atoms with van der Waals surface area (Å²) in [5.74, 6) is -3.74. The number of primary amides is 1. The first-order valence-electron chi connectivity index (χ1n) is 8.49. The van der Waals surface area contributed by atoms with Gasteiger partial charge >= 0.3 is 0 Å². The van der Waals surface area contributed by atoms with Crippen LogP contribution in [0.1, 0.15) is 33.7 Å². The number of halogens is 2. The fraction of sp³-hybridized carbons (Fsp3) is 0.294. The molecule has 9 nitrogen and oxygen atoms in total. The molecule has 0 bridgehead atoms. The lowest BCUT2D eigenvalue weighted by molar-refractivity contribution is -0.0494. The summed E-state index contributed by atoms with van der Waals surface area (Å²) in [4.78, 5) is 33.3. The molecule has 2 amide bonds. The molecule has 28 heavy (non-hydrogen) atoms. The van der Waals surface area contributed by atoms with Crippen LogP contribution in [0.2, 0.25) is 0 Å². The number of amides is 2. The van der Waals surface area contributed by atoms with E-state index >= 15 is 0 Å². The molecule has 0 spiro atoms. The van der Waals surface area contributed by atoms with Gasteiger partial charge < -0.3 is 10.6 Å². The lowest BCUT2D eigenvalue weighted by atomic mass is 10.1. The molecule has 0 radical (unpaired) electrons. The molecule has 0 unspecified atom stereocenters. The maximum Gasteiger partial charge on any atom is 0.267 e. The van der Waals surface area contributed by atoms with Gasteiger partial charge in [-0.25, -0.2) is 18.7 Å². The van der Waals surface area contributed by atoms with Gasteiger partial charge in [-0.3, -0.25) is 9.59 Å². The number of rotatable bonds is 3. The Kier molecular flexibility index (Phi) is 4.21. The molecule has 1 aliphatic heterocycles. The highest BCUT2D eigenvalue weighted by molar-refractivity contribution is 5.96. The fourth-order valence-electron chi connectivity index (χ4n) is 2.99. The third kappa shape index (κ3) is 3.26. The second kappa shape index (κ2) is 6.59. The van der Waals surface area contributed by atoms with Gasteiger partial charge in [0.25, 0.3) is 17.7 Å². The Hall–Kier alpha value is -3.50. The predicted octanol–water partition coefficient (Wildman–Crippen LogP) is 1.18. The van der Waals surface area contributed by atoms with Crippen LogP contribution in [0.3, 0.4) is 0 Å². The minimum atomic E-state index is -2.72.